The Hall–Kier alpha value is -3.42. The molecule has 0 spiro atoms. The molecule has 1 amide bonds. The van der Waals surface area contributed by atoms with Crippen LogP contribution in [-0.4, -0.2) is 27.8 Å². The van der Waals surface area contributed by atoms with Crippen LogP contribution in [0.25, 0.3) is 10.9 Å². The zero-order valence-electron chi connectivity index (χ0n) is 17.9. The van der Waals surface area contributed by atoms with Crippen LogP contribution in [0.5, 0.6) is 5.75 Å². The molecule has 2 aromatic carbocycles. The molecule has 0 aliphatic heterocycles. The van der Waals surface area contributed by atoms with Gasteiger partial charge in [0.25, 0.3) is 5.56 Å². The normalized spacial score (nSPS) is 11.4. The molecule has 8 heteroatoms. The third-order valence-corrected chi connectivity index (χ3v) is 4.34. The monoisotopic (exact) mass is 427 g/mol. The molecule has 1 heterocycles. The molecule has 3 aromatic rings. The highest BCUT2D eigenvalue weighted by molar-refractivity contribution is 5.78. The molecule has 0 radical (unpaired) electrons. The SMILES string of the molecule is CC(C)(C)OC(=O)NCCCn1cnc2cc(OCc3cccc(F)c3)ccc2c1=O. The number of hydrogen-bond acceptors (Lipinski definition) is 5. The molecule has 0 aliphatic rings. The summed E-state index contributed by atoms with van der Waals surface area (Å²) in [5.41, 5.74) is 0.510. The van der Waals surface area contributed by atoms with Gasteiger partial charge in [-0.1, -0.05) is 12.1 Å². The van der Waals surface area contributed by atoms with E-state index in [1.807, 2.05) is 0 Å². The second-order valence-electron chi connectivity index (χ2n) is 8.12. The van der Waals surface area contributed by atoms with Crippen molar-refractivity contribution in [3.63, 3.8) is 0 Å². The summed E-state index contributed by atoms with van der Waals surface area (Å²) in [5.74, 6) is 0.228. The lowest BCUT2D eigenvalue weighted by molar-refractivity contribution is 0.0526. The van der Waals surface area contributed by atoms with Gasteiger partial charge in [0.2, 0.25) is 0 Å². The fraction of sp³-hybridized carbons (Fsp3) is 0.348. The molecule has 0 atom stereocenters. The van der Waals surface area contributed by atoms with Crippen molar-refractivity contribution >= 4 is 17.0 Å². The number of nitrogens with zero attached hydrogens (tertiary/aromatic N) is 2. The van der Waals surface area contributed by atoms with Gasteiger partial charge >= 0.3 is 6.09 Å². The number of hydrogen-bond donors (Lipinski definition) is 1. The molecule has 1 aromatic heterocycles. The van der Waals surface area contributed by atoms with Gasteiger partial charge in [-0.25, -0.2) is 14.2 Å². The summed E-state index contributed by atoms with van der Waals surface area (Å²) in [6, 6.07) is 11.2. The maximum Gasteiger partial charge on any atom is 0.407 e. The van der Waals surface area contributed by atoms with E-state index in [0.29, 0.717) is 41.7 Å². The number of benzene rings is 2. The molecule has 0 aliphatic carbocycles. The van der Waals surface area contributed by atoms with Crippen LogP contribution in [0.4, 0.5) is 9.18 Å². The molecule has 0 fully saturated rings. The second-order valence-corrected chi connectivity index (χ2v) is 8.12. The number of aromatic nitrogens is 2. The van der Waals surface area contributed by atoms with Gasteiger partial charge in [-0.3, -0.25) is 9.36 Å². The maximum atomic E-state index is 13.3. The predicted octanol–water partition coefficient (Wildman–Crippen LogP) is 4.03. The number of alkyl carbamates (subject to hydrolysis) is 1. The van der Waals surface area contributed by atoms with Crippen LogP contribution >= 0.6 is 0 Å². The van der Waals surface area contributed by atoms with Gasteiger partial charge in [-0.15, -0.1) is 0 Å². The molecular weight excluding hydrogens is 401 g/mol. The van der Waals surface area contributed by atoms with Crippen molar-refractivity contribution in [2.24, 2.45) is 0 Å². The first-order chi connectivity index (χ1) is 14.7. The van der Waals surface area contributed by atoms with Crippen LogP contribution in [0, 0.1) is 5.82 Å². The highest BCUT2D eigenvalue weighted by Gasteiger charge is 2.15. The van der Waals surface area contributed by atoms with E-state index >= 15 is 0 Å². The van der Waals surface area contributed by atoms with Crippen LogP contribution in [0.1, 0.15) is 32.8 Å². The molecule has 3 rings (SSSR count). The van der Waals surface area contributed by atoms with Crippen LogP contribution in [-0.2, 0) is 17.9 Å². The molecule has 31 heavy (non-hydrogen) atoms. The number of carbonyl (C=O) groups excluding carboxylic acids is 1. The summed E-state index contributed by atoms with van der Waals surface area (Å²) >= 11 is 0. The van der Waals surface area contributed by atoms with E-state index < -0.39 is 11.7 Å². The van der Waals surface area contributed by atoms with Gasteiger partial charge < -0.3 is 14.8 Å². The number of aryl methyl sites for hydroxylation is 1. The fourth-order valence-electron chi connectivity index (χ4n) is 2.93. The lowest BCUT2D eigenvalue weighted by Gasteiger charge is -2.19. The molecule has 164 valence electrons. The molecule has 0 saturated heterocycles. The van der Waals surface area contributed by atoms with Crippen molar-refractivity contribution in [1.82, 2.24) is 14.9 Å². The zero-order valence-corrected chi connectivity index (χ0v) is 17.9. The number of rotatable bonds is 7. The Labute approximate surface area is 179 Å². The average Bonchev–Trinajstić information content (AvgIpc) is 2.70. The van der Waals surface area contributed by atoms with E-state index in [1.165, 1.54) is 23.0 Å². The number of ether oxygens (including phenoxy) is 2. The van der Waals surface area contributed by atoms with Gasteiger partial charge in [0, 0.05) is 19.2 Å². The first kappa shape index (κ1) is 22.3. The van der Waals surface area contributed by atoms with Crippen molar-refractivity contribution < 1.29 is 18.7 Å². The van der Waals surface area contributed by atoms with E-state index in [1.54, 1.807) is 51.1 Å². The minimum absolute atomic E-state index is 0.168. The van der Waals surface area contributed by atoms with E-state index in [4.69, 9.17) is 9.47 Å². The topological polar surface area (TPSA) is 82.4 Å². The summed E-state index contributed by atoms with van der Waals surface area (Å²) < 4.78 is 25.6. The third-order valence-electron chi connectivity index (χ3n) is 4.34. The first-order valence-corrected chi connectivity index (χ1v) is 10.0. The third kappa shape index (κ3) is 6.53. The Morgan fingerprint density at radius 2 is 2.00 bits per heavy atom. The summed E-state index contributed by atoms with van der Waals surface area (Å²) in [6.45, 7) is 6.40. The molecule has 0 unspecified atom stereocenters. The average molecular weight is 427 g/mol. The standard InChI is InChI=1S/C23H26FN3O4/c1-23(2,3)31-22(29)25-10-5-11-27-15-26-20-13-18(8-9-19(20)21(27)28)30-14-16-6-4-7-17(24)12-16/h4,6-9,12-13,15H,5,10-11,14H2,1-3H3,(H,25,29). The summed E-state index contributed by atoms with van der Waals surface area (Å²) in [6.07, 6.45) is 1.55. The van der Waals surface area contributed by atoms with Gasteiger partial charge in [-0.2, -0.15) is 0 Å². The quantitative estimate of drug-likeness (QED) is 0.576. The minimum atomic E-state index is -0.552. The predicted molar refractivity (Wildman–Crippen MR) is 116 cm³/mol. The van der Waals surface area contributed by atoms with Crippen molar-refractivity contribution in [2.75, 3.05) is 6.54 Å². The summed E-state index contributed by atoms with van der Waals surface area (Å²) in [4.78, 5) is 28.7. The second kappa shape index (κ2) is 9.59. The van der Waals surface area contributed by atoms with Gasteiger partial charge in [0.05, 0.1) is 17.2 Å². The van der Waals surface area contributed by atoms with Gasteiger partial charge in [0.15, 0.2) is 0 Å². The van der Waals surface area contributed by atoms with Crippen molar-refractivity contribution in [1.29, 1.82) is 0 Å². The fourth-order valence-corrected chi connectivity index (χ4v) is 2.93. The lowest BCUT2D eigenvalue weighted by Crippen LogP contribution is -2.33. The highest BCUT2D eigenvalue weighted by atomic mass is 19.1. The molecule has 1 N–H and O–H groups in total. The van der Waals surface area contributed by atoms with E-state index in [2.05, 4.69) is 10.3 Å². The number of nitrogens with one attached hydrogen (secondary N) is 1. The van der Waals surface area contributed by atoms with Gasteiger partial charge in [-0.05, 0) is 57.0 Å². The summed E-state index contributed by atoms with van der Waals surface area (Å²) in [5, 5.41) is 3.14. The molecule has 0 bridgehead atoms. The number of fused-ring (bicyclic) bond motifs is 1. The van der Waals surface area contributed by atoms with Gasteiger partial charge in [0.1, 0.15) is 23.8 Å². The number of amides is 1. The van der Waals surface area contributed by atoms with Crippen molar-refractivity contribution in [2.45, 2.75) is 45.9 Å². The minimum Gasteiger partial charge on any atom is -0.489 e. The maximum absolute atomic E-state index is 13.3. The largest absolute Gasteiger partial charge is 0.489 e. The Morgan fingerprint density at radius 3 is 2.74 bits per heavy atom. The Morgan fingerprint density at radius 1 is 1.19 bits per heavy atom. The molecule has 0 saturated carbocycles. The van der Waals surface area contributed by atoms with Crippen LogP contribution in [0.2, 0.25) is 0 Å². The van der Waals surface area contributed by atoms with Crippen LogP contribution in [0.15, 0.2) is 53.6 Å². The van der Waals surface area contributed by atoms with Crippen molar-refractivity contribution in [3.8, 4) is 5.75 Å². The molecular formula is C23H26FN3O4. The highest BCUT2D eigenvalue weighted by Crippen LogP contribution is 2.18. The van der Waals surface area contributed by atoms with Crippen LogP contribution in [0.3, 0.4) is 0 Å². The van der Waals surface area contributed by atoms with E-state index in [0.717, 1.165) is 0 Å². The Bertz CT molecular complexity index is 1120. The van der Waals surface area contributed by atoms with Crippen molar-refractivity contribution in [3.05, 3.63) is 70.5 Å². The smallest absolute Gasteiger partial charge is 0.407 e. The lowest BCUT2D eigenvalue weighted by atomic mass is 10.2. The summed E-state index contributed by atoms with van der Waals surface area (Å²) in [7, 11) is 0. The molecule has 7 nitrogen and oxygen atoms in total. The van der Waals surface area contributed by atoms with Crippen LogP contribution < -0.4 is 15.6 Å². The Kier molecular flexibility index (Phi) is 6.89. The number of carbonyl (C=O) groups is 1. The van der Waals surface area contributed by atoms with E-state index in [9.17, 15) is 14.0 Å². The van der Waals surface area contributed by atoms with E-state index in [-0.39, 0.29) is 18.0 Å². The zero-order chi connectivity index (χ0) is 22.4. The first-order valence-electron chi connectivity index (χ1n) is 10.0. The number of halogens is 1. The Balaban J connectivity index is 1.58.